The van der Waals surface area contributed by atoms with Crippen molar-refractivity contribution in [2.45, 2.75) is 24.9 Å². The zero-order chi connectivity index (χ0) is 22.8. The van der Waals surface area contributed by atoms with Crippen molar-refractivity contribution in [3.63, 3.8) is 0 Å². The van der Waals surface area contributed by atoms with Crippen molar-refractivity contribution in [1.29, 1.82) is 0 Å². The number of likely N-dealkylation sites (tertiary alicyclic amines) is 1. The van der Waals surface area contributed by atoms with Gasteiger partial charge in [0.15, 0.2) is 0 Å². The molecule has 3 atom stereocenters. The highest BCUT2D eigenvalue weighted by Gasteiger charge is 2.46. The molecule has 3 aromatic rings. The topological polar surface area (TPSA) is 40.5 Å². The summed E-state index contributed by atoms with van der Waals surface area (Å²) >= 11 is 12.0. The van der Waals surface area contributed by atoms with Gasteiger partial charge < -0.3 is 5.11 Å². The van der Waals surface area contributed by atoms with Crippen LogP contribution >= 0.6 is 23.2 Å². The van der Waals surface area contributed by atoms with E-state index in [0.717, 1.165) is 29.3 Å². The minimum atomic E-state index is -1.09. The van der Waals surface area contributed by atoms with Gasteiger partial charge in [0, 0.05) is 41.2 Å². The number of hydrogen-bond acceptors (Lipinski definition) is 2. The van der Waals surface area contributed by atoms with E-state index in [1.54, 1.807) is 12.1 Å². The molecule has 166 valence electrons. The van der Waals surface area contributed by atoms with E-state index in [4.69, 9.17) is 23.2 Å². The van der Waals surface area contributed by atoms with Crippen LogP contribution in [-0.4, -0.2) is 28.6 Å². The van der Waals surface area contributed by atoms with E-state index in [1.165, 1.54) is 0 Å². The Bertz CT molecular complexity index is 1090. The van der Waals surface area contributed by atoms with E-state index in [2.05, 4.69) is 4.90 Å². The average Bonchev–Trinajstić information content (AvgIpc) is 2.73. The molecule has 1 aliphatic heterocycles. The van der Waals surface area contributed by atoms with E-state index >= 15 is 0 Å². The average molecular weight is 476 g/mol. The van der Waals surface area contributed by atoms with Crippen molar-refractivity contribution in [2.24, 2.45) is 5.92 Å². The summed E-state index contributed by atoms with van der Waals surface area (Å²) in [6.45, 7) is 1.12. The summed E-state index contributed by atoms with van der Waals surface area (Å²) < 4.78 is 27.7. The monoisotopic (exact) mass is 475 g/mol. The minimum absolute atomic E-state index is 0.126. The van der Waals surface area contributed by atoms with Crippen LogP contribution < -0.4 is 0 Å². The SMILES string of the molecule is O=C(O)C(c1cc(F)cc(F)c1)C1CN(Cc2ccc(Cl)cc2)C1Cc1ccc(Cl)cc1. The van der Waals surface area contributed by atoms with E-state index in [0.29, 0.717) is 29.6 Å². The van der Waals surface area contributed by atoms with Crippen LogP contribution in [0.3, 0.4) is 0 Å². The number of nitrogens with zero attached hydrogens (tertiary/aromatic N) is 1. The Balaban J connectivity index is 1.63. The fourth-order valence-corrected chi connectivity index (χ4v) is 4.72. The van der Waals surface area contributed by atoms with Crippen LogP contribution in [-0.2, 0) is 17.8 Å². The third kappa shape index (κ3) is 5.12. The molecule has 0 amide bonds. The van der Waals surface area contributed by atoms with Gasteiger partial charge in [-0.05, 0) is 59.5 Å². The molecule has 3 aromatic carbocycles. The highest BCUT2D eigenvalue weighted by atomic mass is 35.5. The van der Waals surface area contributed by atoms with Gasteiger partial charge in [-0.3, -0.25) is 9.69 Å². The first-order valence-corrected chi connectivity index (χ1v) is 11.0. The fourth-order valence-electron chi connectivity index (χ4n) is 4.46. The molecule has 0 aromatic heterocycles. The lowest BCUT2D eigenvalue weighted by atomic mass is 9.72. The number of carboxylic acid groups (broad SMARTS) is 1. The van der Waals surface area contributed by atoms with Crippen molar-refractivity contribution in [3.05, 3.63) is 105 Å². The molecule has 0 radical (unpaired) electrons. The lowest BCUT2D eigenvalue weighted by Gasteiger charge is -2.51. The molecule has 1 N–H and O–H groups in total. The fraction of sp³-hybridized carbons (Fsp3) is 0.240. The maximum absolute atomic E-state index is 13.8. The smallest absolute Gasteiger partial charge is 0.311 e. The van der Waals surface area contributed by atoms with Crippen LogP contribution in [0.4, 0.5) is 8.78 Å². The molecule has 0 aliphatic carbocycles. The number of halogens is 4. The molecule has 1 aliphatic rings. The quantitative estimate of drug-likeness (QED) is 0.443. The third-order valence-electron chi connectivity index (χ3n) is 6.00. The standard InChI is InChI=1S/C25H21Cl2F2NO2/c26-18-5-1-15(2-6-18)9-23-22(14-30(23)13-16-3-7-19(27)8-4-16)24(25(31)32)17-10-20(28)12-21(29)11-17/h1-8,10-12,22-24H,9,13-14H2,(H,31,32). The first-order chi connectivity index (χ1) is 15.3. The predicted molar refractivity (Wildman–Crippen MR) is 121 cm³/mol. The number of aliphatic carboxylic acids is 1. The van der Waals surface area contributed by atoms with Gasteiger partial charge in [0.1, 0.15) is 11.6 Å². The van der Waals surface area contributed by atoms with Gasteiger partial charge in [0.2, 0.25) is 0 Å². The Morgan fingerprint density at radius 2 is 1.47 bits per heavy atom. The van der Waals surface area contributed by atoms with Gasteiger partial charge in [0.05, 0.1) is 5.92 Å². The molecular weight excluding hydrogens is 455 g/mol. The molecule has 1 heterocycles. The summed E-state index contributed by atoms with van der Waals surface area (Å²) in [5.41, 5.74) is 2.21. The van der Waals surface area contributed by atoms with E-state index < -0.39 is 23.5 Å². The molecule has 1 saturated heterocycles. The first-order valence-electron chi connectivity index (χ1n) is 10.2. The summed E-state index contributed by atoms with van der Waals surface area (Å²) in [4.78, 5) is 14.4. The van der Waals surface area contributed by atoms with E-state index in [-0.39, 0.29) is 17.5 Å². The third-order valence-corrected chi connectivity index (χ3v) is 6.51. The molecule has 0 bridgehead atoms. The predicted octanol–water partition coefficient (Wildman–Crippen LogP) is 6.18. The van der Waals surface area contributed by atoms with Crippen molar-refractivity contribution >= 4 is 29.2 Å². The van der Waals surface area contributed by atoms with Gasteiger partial charge in [-0.2, -0.15) is 0 Å². The van der Waals surface area contributed by atoms with Crippen molar-refractivity contribution in [1.82, 2.24) is 4.90 Å². The van der Waals surface area contributed by atoms with Crippen molar-refractivity contribution < 1.29 is 18.7 Å². The van der Waals surface area contributed by atoms with Gasteiger partial charge in [-0.25, -0.2) is 8.78 Å². The van der Waals surface area contributed by atoms with E-state index in [9.17, 15) is 18.7 Å². The Kier molecular flexibility index (Phi) is 6.79. The first kappa shape index (κ1) is 22.7. The van der Waals surface area contributed by atoms with Crippen molar-refractivity contribution in [3.8, 4) is 0 Å². The molecule has 7 heteroatoms. The Morgan fingerprint density at radius 3 is 2.00 bits per heavy atom. The van der Waals surface area contributed by atoms with Gasteiger partial charge in [-0.1, -0.05) is 47.5 Å². The highest BCUT2D eigenvalue weighted by molar-refractivity contribution is 6.30. The molecule has 4 rings (SSSR count). The normalized spacial score (nSPS) is 19.4. The number of carboxylic acids is 1. The second-order valence-corrected chi connectivity index (χ2v) is 9.01. The molecule has 3 unspecified atom stereocenters. The molecule has 32 heavy (non-hydrogen) atoms. The Hall–Kier alpha value is -2.47. The summed E-state index contributed by atoms with van der Waals surface area (Å²) in [5, 5.41) is 11.2. The van der Waals surface area contributed by atoms with E-state index in [1.807, 2.05) is 36.4 Å². The summed E-state index contributed by atoms with van der Waals surface area (Å²) in [7, 11) is 0. The number of hydrogen-bond donors (Lipinski definition) is 1. The van der Waals surface area contributed by atoms with Gasteiger partial charge in [-0.15, -0.1) is 0 Å². The number of rotatable bonds is 7. The second kappa shape index (κ2) is 9.57. The van der Waals surface area contributed by atoms with Crippen LogP contribution in [0, 0.1) is 17.6 Å². The van der Waals surface area contributed by atoms with Crippen LogP contribution in [0.1, 0.15) is 22.6 Å². The second-order valence-electron chi connectivity index (χ2n) is 8.14. The highest BCUT2D eigenvalue weighted by Crippen LogP contribution is 2.40. The number of benzene rings is 3. The summed E-state index contributed by atoms with van der Waals surface area (Å²) in [6, 6.07) is 17.8. The van der Waals surface area contributed by atoms with Crippen LogP contribution in [0.5, 0.6) is 0 Å². The maximum atomic E-state index is 13.8. The molecular formula is C25H21Cl2F2NO2. The molecule has 0 spiro atoms. The summed E-state index contributed by atoms with van der Waals surface area (Å²) in [6.07, 6.45) is 0.594. The lowest BCUT2D eigenvalue weighted by Crippen LogP contribution is -2.59. The number of carbonyl (C=O) groups is 1. The molecule has 1 fully saturated rings. The Morgan fingerprint density at radius 1 is 0.938 bits per heavy atom. The minimum Gasteiger partial charge on any atom is -0.481 e. The summed E-state index contributed by atoms with van der Waals surface area (Å²) in [5.74, 6) is -3.97. The zero-order valence-corrected chi connectivity index (χ0v) is 18.5. The molecule has 0 saturated carbocycles. The van der Waals surface area contributed by atoms with Crippen LogP contribution in [0.2, 0.25) is 10.0 Å². The van der Waals surface area contributed by atoms with Gasteiger partial charge >= 0.3 is 5.97 Å². The maximum Gasteiger partial charge on any atom is 0.311 e. The zero-order valence-electron chi connectivity index (χ0n) is 17.0. The van der Waals surface area contributed by atoms with Crippen LogP contribution in [0.15, 0.2) is 66.7 Å². The van der Waals surface area contributed by atoms with Crippen molar-refractivity contribution in [2.75, 3.05) is 6.54 Å². The Labute approximate surface area is 195 Å². The largest absolute Gasteiger partial charge is 0.481 e. The lowest BCUT2D eigenvalue weighted by molar-refractivity contribution is -0.144. The van der Waals surface area contributed by atoms with Gasteiger partial charge in [0.25, 0.3) is 0 Å². The van der Waals surface area contributed by atoms with Crippen LogP contribution in [0.25, 0.3) is 0 Å². The molecule has 3 nitrogen and oxygen atoms in total.